The third-order valence-corrected chi connectivity index (χ3v) is 9.51. The summed E-state index contributed by atoms with van der Waals surface area (Å²) in [6.07, 6.45) is 12.0. The Morgan fingerprint density at radius 1 is 1.10 bits per heavy atom. The fourth-order valence-corrected chi connectivity index (χ4v) is 7.82. The molecule has 0 saturated heterocycles. The van der Waals surface area contributed by atoms with Crippen LogP contribution in [0.25, 0.3) is 0 Å². The summed E-state index contributed by atoms with van der Waals surface area (Å²) in [5.74, 6) is 2.33. The zero-order valence-electron chi connectivity index (χ0n) is 18.0. The molecule has 0 radical (unpaired) electrons. The van der Waals surface area contributed by atoms with Gasteiger partial charge in [-0.05, 0) is 85.9 Å². The first-order valence-electron chi connectivity index (χ1n) is 11.2. The average molecular weight is 419 g/mol. The number of rotatable bonds is 5. The molecule has 0 aromatic heterocycles. The Hall–Kier alpha value is -1.10. The molecule has 3 fully saturated rings. The van der Waals surface area contributed by atoms with Crippen LogP contribution in [0.1, 0.15) is 65.2 Å². The van der Waals surface area contributed by atoms with E-state index in [2.05, 4.69) is 13.8 Å². The second-order valence-corrected chi connectivity index (χ2v) is 11.1. The van der Waals surface area contributed by atoms with Crippen molar-refractivity contribution < 1.29 is 19.1 Å². The van der Waals surface area contributed by atoms with E-state index in [1.807, 2.05) is 12.3 Å². The third-order valence-electron chi connectivity index (χ3n) is 8.99. The maximum absolute atomic E-state index is 13.0. The van der Waals surface area contributed by atoms with Gasteiger partial charge in [0.05, 0.1) is 5.75 Å². The van der Waals surface area contributed by atoms with Crippen LogP contribution in [0.4, 0.5) is 0 Å². The second kappa shape index (κ2) is 7.86. The number of hydrogen-bond donors (Lipinski definition) is 0. The molecule has 4 aliphatic rings. The van der Waals surface area contributed by atoms with Crippen molar-refractivity contribution in [2.24, 2.45) is 34.5 Å². The van der Waals surface area contributed by atoms with Crippen LogP contribution >= 0.6 is 11.8 Å². The van der Waals surface area contributed by atoms with Gasteiger partial charge in [-0.15, -0.1) is 0 Å². The van der Waals surface area contributed by atoms with Crippen molar-refractivity contribution in [2.45, 2.75) is 65.2 Å². The van der Waals surface area contributed by atoms with Crippen LogP contribution in [0, 0.1) is 34.5 Å². The van der Waals surface area contributed by atoms with Gasteiger partial charge in [0.15, 0.2) is 11.6 Å². The van der Waals surface area contributed by atoms with Crippen LogP contribution in [-0.4, -0.2) is 36.2 Å². The molecule has 4 rings (SSSR count). The molecule has 0 aromatic rings. The fraction of sp³-hybridized carbons (Fsp3) is 0.792. The molecule has 0 heterocycles. The molecule has 0 aromatic carbocycles. The van der Waals surface area contributed by atoms with Gasteiger partial charge in [0.2, 0.25) is 0 Å². The standard InChI is InChI=1S/C24H34O4S/c1-23-10-8-16(25)12-15(23)4-5-17-18-6-7-20(24(18,2)11-9-19(17)23)21(26)13-28-22(27)14-29-3/h12,17-20H,4-11,13-14H2,1-3H3/t17-,18-,19-,20+,23-,24-/m0/s1. The van der Waals surface area contributed by atoms with Gasteiger partial charge in [0.25, 0.3) is 0 Å². The van der Waals surface area contributed by atoms with Gasteiger partial charge in [-0.2, -0.15) is 11.8 Å². The monoisotopic (exact) mass is 418 g/mol. The second-order valence-electron chi connectivity index (χ2n) is 10.2. The molecule has 0 unspecified atom stereocenters. The number of carbonyl (C=O) groups excluding carboxylic acids is 3. The van der Waals surface area contributed by atoms with Crippen LogP contribution in [-0.2, 0) is 19.1 Å². The van der Waals surface area contributed by atoms with E-state index in [0.717, 1.165) is 44.9 Å². The van der Waals surface area contributed by atoms with Crippen molar-refractivity contribution in [1.82, 2.24) is 0 Å². The van der Waals surface area contributed by atoms with E-state index in [-0.39, 0.29) is 35.1 Å². The summed E-state index contributed by atoms with van der Waals surface area (Å²) in [6, 6.07) is 0. The topological polar surface area (TPSA) is 60.4 Å². The number of hydrogen-bond acceptors (Lipinski definition) is 5. The van der Waals surface area contributed by atoms with Gasteiger partial charge < -0.3 is 4.74 Å². The number of thioether (sulfide) groups is 1. The number of allylic oxidation sites excluding steroid dienone is 1. The predicted molar refractivity (Wildman–Crippen MR) is 115 cm³/mol. The Bertz CT molecular complexity index is 743. The summed E-state index contributed by atoms with van der Waals surface area (Å²) >= 11 is 1.42. The van der Waals surface area contributed by atoms with E-state index in [1.165, 1.54) is 17.3 Å². The van der Waals surface area contributed by atoms with Crippen molar-refractivity contribution >= 4 is 29.3 Å². The van der Waals surface area contributed by atoms with Gasteiger partial charge in [-0.3, -0.25) is 14.4 Å². The maximum Gasteiger partial charge on any atom is 0.316 e. The lowest BCUT2D eigenvalue weighted by atomic mass is 9.46. The number of fused-ring (bicyclic) bond motifs is 5. The number of carbonyl (C=O) groups is 3. The van der Waals surface area contributed by atoms with Crippen molar-refractivity contribution in [2.75, 3.05) is 18.6 Å². The summed E-state index contributed by atoms with van der Waals surface area (Å²) in [5.41, 5.74) is 1.60. The number of esters is 1. The Kier molecular flexibility index (Phi) is 5.73. The van der Waals surface area contributed by atoms with Crippen molar-refractivity contribution in [3.8, 4) is 0 Å². The molecule has 4 nitrogen and oxygen atoms in total. The minimum absolute atomic E-state index is 0.0215. The van der Waals surface area contributed by atoms with Gasteiger partial charge in [-0.25, -0.2) is 0 Å². The molecule has 160 valence electrons. The van der Waals surface area contributed by atoms with Crippen molar-refractivity contribution in [3.63, 3.8) is 0 Å². The average Bonchev–Trinajstić information content (AvgIpc) is 3.04. The van der Waals surface area contributed by atoms with Crippen LogP contribution in [0.5, 0.6) is 0 Å². The molecular weight excluding hydrogens is 384 g/mol. The highest BCUT2D eigenvalue weighted by Gasteiger charge is 2.60. The smallest absolute Gasteiger partial charge is 0.316 e. The van der Waals surface area contributed by atoms with E-state index >= 15 is 0 Å². The Labute approximate surface area is 178 Å². The Morgan fingerprint density at radius 2 is 1.90 bits per heavy atom. The SMILES string of the molecule is CSCC(=O)OCC(=O)[C@H]1CC[C@H]2[C@@H]3CCC4=CC(=O)CC[C@]4(C)[C@H]3CC[C@]12C. The highest BCUT2D eigenvalue weighted by molar-refractivity contribution is 7.99. The first-order chi connectivity index (χ1) is 13.8. The van der Waals surface area contributed by atoms with E-state index in [0.29, 0.717) is 35.7 Å². The molecule has 0 aliphatic heterocycles. The summed E-state index contributed by atoms with van der Waals surface area (Å²) in [4.78, 5) is 36.6. The first kappa shape index (κ1) is 21.1. The molecule has 0 amide bonds. The molecule has 0 spiro atoms. The molecule has 6 atom stereocenters. The van der Waals surface area contributed by atoms with Crippen LogP contribution in [0.15, 0.2) is 11.6 Å². The van der Waals surface area contributed by atoms with Gasteiger partial charge >= 0.3 is 5.97 Å². The quantitative estimate of drug-likeness (QED) is 0.610. The molecule has 0 bridgehead atoms. The minimum atomic E-state index is -0.291. The van der Waals surface area contributed by atoms with E-state index in [1.54, 1.807) is 0 Å². The molecule has 3 saturated carbocycles. The van der Waals surface area contributed by atoms with E-state index in [4.69, 9.17) is 4.74 Å². The van der Waals surface area contributed by atoms with Crippen LogP contribution in [0.3, 0.4) is 0 Å². The van der Waals surface area contributed by atoms with Gasteiger partial charge in [0.1, 0.15) is 6.61 Å². The molecular formula is C24H34O4S. The van der Waals surface area contributed by atoms with Crippen LogP contribution < -0.4 is 0 Å². The Morgan fingerprint density at radius 3 is 2.66 bits per heavy atom. The lowest BCUT2D eigenvalue weighted by Gasteiger charge is -2.58. The summed E-state index contributed by atoms with van der Waals surface area (Å²) in [5, 5.41) is 0. The lowest BCUT2D eigenvalue weighted by molar-refractivity contribution is -0.148. The molecule has 0 N–H and O–H groups in total. The van der Waals surface area contributed by atoms with Gasteiger partial charge in [0, 0.05) is 12.3 Å². The van der Waals surface area contributed by atoms with Crippen molar-refractivity contribution in [3.05, 3.63) is 11.6 Å². The molecule has 5 heteroatoms. The lowest BCUT2D eigenvalue weighted by Crippen LogP contribution is -2.51. The zero-order valence-corrected chi connectivity index (χ0v) is 18.8. The van der Waals surface area contributed by atoms with Crippen LogP contribution in [0.2, 0.25) is 0 Å². The van der Waals surface area contributed by atoms with E-state index in [9.17, 15) is 14.4 Å². The maximum atomic E-state index is 13.0. The predicted octanol–water partition coefficient (Wildman–Crippen LogP) is 4.61. The highest BCUT2D eigenvalue weighted by Crippen LogP contribution is 2.66. The molecule has 29 heavy (non-hydrogen) atoms. The fourth-order valence-electron chi connectivity index (χ4n) is 7.50. The minimum Gasteiger partial charge on any atom is -0.457 e. The third kappa shape index (κ3) is 3.51. The number of ether oxygens (including phenoxy) is 1. The zero-order chi connectivity index (χ0) is 20.8. The normalized spacial score (nSPS) is 41.1. The number of Topliss-reactive ketones (excluding diaryl/α,β-unsaturated/α-hetero) is 1. The van der Waals surface area contributed by atoms with Gasteiger partial charge in [-0.1, -0.05) is 19.4 Å². The Balaban J connectivity index is 1.49. The molecule has 4 aliphatic carbocycles. The highest BCUT2D eigenvalue weighted by atomic mass is 32.2. The largest absolute Gasteiger partial charge is 0.457 e. The summed E-state index contributed by atoms with van der Waals surface area (Å²) in [7, 11) is 0. The number of ketones is 2. The van der Waals surface area contributed by atoms with E-state index < -0.39 is 0 Å². The summed E-state index contributed by atoms with van der Waals surface area (Å²) in [6.45, 7) is 4.66. The summed E-state index contributed by atoms with van der Waals surface area (Å²) < 4.78 is 5.24. The van der Waals surface area contributed by atoms with Crippen molar-refractivity contribution in [1.29, 1.82) is 0 Å². The first-order valence-corrected chi connectivity index (χ1v) is 12.6.